The van der Waals surface area contributed by atoms with Crippen molar-refractivity contribution in [3.8, 4) is 0 Å². The van der Waals surface area contributed by atoms with E-state index in [1.807, 2.05) is 12.2 Å². The molecule has 346 valence electrons. The summed E-state index contributed by atoms with van der Waals surface area (Å²) in [6.07, 6.45) is -1.61. The first-order valence-corrected chi connectivity index (χ1v) is 20.8. The van der Waals surface area contributed by atoms with Crippen molar-refractivity contribution in [3.63, 3.8) is 0 Å². The van der Waals surface area contributed by atoms with E-state index < -0.39 is 137 Å². The molecular formula is C41H68O19. The van der Waals surface area contributed by atoms with Gasteiger partial charge in [0.25, 0.3) is 0 Å². The number of carbonyl (C=O) groups excluding carboxylic acids is 1. The van der Waals surface area contributed by atoms with E-state index >= 15 is 0 Å². The second-order valence-corrected chi connectivity index (χ2v) is 15.0. The predicted molar refractivity (Wildman–Crippen MR) is 210 cm³/mol. The molecule has 16 atom stereocenters. The molecular weight excluding hydrogens is 796 g/mol. The topological polar surface area (TPSA) is 304 Å². The first-order chi connectivity index (χ1) is 28.9. The van der Waals surface area contributed by atoms with E-state index in [4.69, 9.17) is 33.2 Å². The van der Waals surface area contributed by atoms with Gasteiger partial charge in [-0.05, 0) is 44.9 Å². The zero-order valence-corrected chi connectivity index (χ0v) is 34.1. The number of rotatable bonds is 26. The van der Waals surface area contributed by atoms with Crippen molar-refractivity contribution in [2.45, 2.75) is 169 Å². The third-order valence-electron chi connectivity index (χ3n) is 10.2. The maximum Gasteiger partial charge on any atom is 0.305 e. The van der Waals surface area contributed by atoms with Crippen LogP contribution in [-0.2, 0) is 38.0 Å². The predicted octanol–water partition coefficient (Wildman–Crippen LogP) is -1.50. The Kier molecular flexibility index (Phi) is 24.7. The highest BCUT2D eigenvalue weighted by atomic mass is 16.8. The molecule has 0 saturated carbocycles. The molecule has 0 aliphatic carbocycles. The monoisotopic (exact) mass is 864 g/mol. The van der Waals surface area contributed by atoms with Crippen LogP contribution < -0.4 is 0 Å². The molecule has 3 saturated heterocycles. The van der Waals surface area contributed by atoms with Gasteiger partial charge in [0.1, 0.15) is 86.0 Å². The number of unbranched alkanes of at least 4 members (excludes halogenated alkanes) is 4. The fourth-order valence-electron chi connectivity index (χ4n) is 6.57. The molecule has 0 spiro atoms. The number of allylic oxidation sites excluding steroid dienone is 8. The highest BCUT2D eigenvalue weighted by molar-refractivity contribution is 5.69. The van der Waals surface area contributed by atoms with E-state index in [1.54, 1.807) is 0 Å². The van der Waals surface area contributed by atoms with Crippen LogP contribution in [0.5, 0.6) is 0 Å². The molecule has 3 aliphatic rings. The Hall–Kier alpha value is -2.25. The van der Waals surface area contributed by atoms with Crippen molar-refractivity contribution >= 4 is 5.97 Å². The zero-order valence-electron chi connectivity index (χ0n) is 34.1. The SMILES string of the molecule is CCCCC/C=C\C/C=C\C/C=C\C/C=C\CCCC(=O)OCC(CO[C@@H]1O[C@H](CO)[C@@H](O)[C@H](O)[C@H]1O)O[C@@H]1O[C@H](CO)[C@@H](O)[C@H](O[C@@H]2O[C@H](CO)[C@@H](O)[C@H](O)[C@H]2O)[C@H]1O. The molecule has 0 aromatic heterocycles. The van der Waals surface area contributed by atoms with Gasteiger partial charge in [0.05, 0.1) is 26.4 Å². The summed E-state index contributed by atoms with van der Waals surface area (Å²) in [7, 11) is 0. The summed E-state index contributed by atoms with van der Waals surface area (Å²) in [6, 6.07) is 0. The Morgan fingerprint density at radius 2 is 1.03 bits per heavy atom. The van der Waals surface area contributed by atoms with Crippen molar-refractivity contribution in [3.05, 3.63) is 48.6 Å². The lowest BCUT2D eigenvalue weighted by Gasteiger charge is -2.46. The number of hydrogen-bond donors (Lipinski definition) is 11. The zero-order chi connectivity index (χ0) is 44.0. The third-order valence-corrected chi connectivity index (χ3v) is 10.2. The van der Waals surface area contributed by atoms with E-state index in [0.717, 1.165) is 25.7 Å². The summed E-state index contributed by atoms with van der Waals surface area (Å²) in [5.74, 6) is -0.620. The van der Waals surface area contributed by atoms with Gasteiger partial charge in [-0.1, -0.05) is 68.4 Å². The minimum absolute atomic E-state index is 0.0225. The van der Waals surface area contributed by atoms with Gasteiger partial charge in [0.15, 0.2) is 18.9 Å². The van der Waals surface area contributed by atoms with Crippen molar-refractivity contribution < 1.29 is 94.1 Å². The second-order valence-electron chi connectivity index (χ2n) is 15.0. The number of ether oxygens (including phenoxy) is 7. The first kappa shape index (κ1) is 52.1. The maximum absolute atomic E-state index is 12.8. The van der Waals surface area contributed by atoms with Crippen LogP contribution in [0.3, 0.4) is 0 Å². The van der Waals surface area contributed by atoms with Crippen LogP contribution in [-0.4, -0.2) is 193 Å². The van der Waals surface area contributed by atoms with Crippen LogP contribution >= 0.6 is 0 Å². The molecule has 0 aromatic carbocycles. The lowest BCUT2D eigenvalue weighted by atomic mass is 9.97. The Morgan fingerprint density at radius 3 is 1.58 bits per heavy atom. The summed E-state index contributed by atoms with van der Waals surface area (Å²) < 4.78 is 38.9. The second kappa shape index (κ2) is 28.4. The number of carbonyl (C=O) groups is 1. The van der Waals surface area contributed by atoms with Gasteiger partial charge in [-0.15, -0.1) is 0 Å². The van der Waals surface area contributed by atoms with Crippen LogP contribution in [0.2, 0.25) is 0 Å². The number of esters is 1. The van der Waals surface area contributed by atoms with Gasteiger partial charge in [0, 0.05) is 6.42 Å². The van der Waals surface area contributed by atoms with Gasteiger partial charge >= 0.3 is 5.97 Å². The largest absolute Gasteiger partial charge is 0.463 e. The Labute approximate surface area is 350 Å². The van der Waals surface area contributed by atoms with Crippen LogP contribution in [0.15, 0.2) is 48.6 Å². The molecule has 0 bridgehead atoms. The molecule has 11 N–H and O–H groups in total. The van der Waals surface area contributed by atoms with E-state index in [0.29, 0.717) is 12.8 Å². The summed E-state index contributed by atoms with van der Waals surface area (Å²) in [5.41, 5.74) is 0. The van der Waals surface area contributed by atoms with E-state index in [9.17, 15) is 61.0 Å². The number of aliphatic hydroxyl groups excluding tert-OH is 11. The van der Waals surface area contributed by atoms with Crippen LogP contribution in [0, 0.1) is 0 Å². The summed E-state index contributed by atoms with van der Waals surface area (Å²) in [6.45, 7) is -1.26. The lowest BCUT2D eigenvalue weighted by molar-refractivity contribution is -0.367. The Bertz CT molecular complexity index is 1290. The minimum Gasteiger partial charge on any atom is -0.463 e. The average Bonchev–Trinajstić information content (AvgIpc) is 3.24. The summed E-state index contributed by atoms with van der Waals surface area (Å²) in [4.78, 5) is 12.8. The van der Waals surface area contributed by atoms with E-state index in [2.05, 4.69) is 43.4 Å². The molecule has 3 rings (SSSR count). The van der Waals surface area contributed by atoms with Gasteiger partial charge in [-0.2, -0.15) is 0 Å². The Balaban J connectivity index is 1.57. The quantitative estimate of drug-likeness (QED) is 0.0268. The average molecular weight is 865 g/mol. The molecule has 19 heteroatoms. The van der Waals surface area contributed by atoms with Gasteiger partial charge in [-0.25, -0.2) is 0 Å². The van der Waals surface area contributed by atoms with E-state index in [-0.39, 0.29) is 6.42 Å². The Morgan fingerprint density at radius 1 is 0.550 bits per heavy atom. The molecule has 19 nitrogen and oxygen atoms in total. The van der Waals surface area contributed by atoms with Crippen LogP contribution in [0.25, 0.3) is 0 Å². The molecule has 1 unspecified atom stereocenters. The lowest BCUT2D eigenvalue weighted by Crippen LogP contribution is -2.65. The molecule has 0 aromatic rings. The molecule has 0 amide bonds. The molecule has 3 heterocycles. The molecule has 60 heavy (non-hydrogen) atoms. The normalized spacial score (nSPS) is 35.9. The van der Waals surface area contributed by atoms with Crippen molar-refractivity contribution in [2.75, 3.05) is 33.0 Å². The van der Waals surface area contributed by atoms with Crippen LogP contribution in [0.1, 0.15) is 71.1 Å². The van der Waals surface area contributed by atoms with E-state index in [1.165, 1.54) is 19.3 Å². The minimum atomic E-state index is -1.92. The third kappa shape index (κ3) is 16.5. The molecule has 0 radical (unpaired) electrons. The molecule has 3 aliphatic heterocycles. The first-order valence-electron chi connectivity index (χ1n) is 20.8. The van der Waals surface area contributed by atoms with Gasteiger partial charge < -0.3 is 89.3 Å². The molecule has 3 fully saturated rings. The summed E-state index contributed by atoms with van der Waals surface area (Å²) >= 11 is 0. The van der Waals surface area contributed by atoms with Crippen molar-refractivity contribution in [1.82, 2.24) is 0 Å². The summed E-state index contributed by atoms with van der Waals surface area (Å²) in [5, 5.41) is 113. The highest BCUT2D eigenvalue weighted by Gasteiger charge is 2.51. The van der Waals surface area contributed by atoms with Crippen LogP contribution in [0.4, 0.5) is 0 Å². The van der Waals surface area contributed by atoms with Crippen molar-refractivity contribution in [2.24, 2.45) is 0 Å². The smallest absolute Gasteiger partial charge is 0.305 e. The number of hydrogen-bond acceptors (Lipinski definition) is 19. The van der Waals surface area contributed by atoms with Gasteiger partial charge in [0.2, 0.25) is 0 Å². The van der Waals surface area contributed by atoms with Gasteiger partial charge in [-0.3, -0.25) is 4.79 Å². The standard InChI is InChI=1S/C41H68O19/c1-2-3-4-5-6-7-8-9-10-11-12-13-14-15-16-17-18-19-29(45)54-23-25(24-55-39-35(51)33(49)30(46)26(20-42)57-39)56-41-37(53)38(32(48)28(22-44)59-41)60-40-36(52)34(50)31(47)27(21-43)58-40/h6-7,9-10,12-13,15-16,25-28,30-44,46-53H,2-5,8,11,14,17-24H2,1H3/b7-6-,10-9-,13-12-,16-15-/t25?,26-,27-,28-,30-,31-,32-,33+,34+,35-,36-,37-,38+,39-,40+,41-/m1/s1. The fourth-order valence-corrected chi connectivity index (χ4v) is 6.57. The maximum atomic E-state index is 12.8. The number of aliphatic hydroxyl groups is 11. The highest BCUT2D eigenvalue weighted by Crippen LogP contribution is 2.30. The fraction of sp³-hybridized carbons (Fsp3) is 0.780. The van der Waals surface area contributed by atoms with Crippen molar-refractivity contribution in [1.29, 1.82) is 0 Å².